The lowest BCUT2D eigenvalue weighted by Crippen LogP contribution is -2.16. The van der Waals surface area contributed by atoms with Crippen molar-refractivity contribution in [1.82, 2.24) is 19.9 Å². The number of nitrogens with zero attached hydrogens (tertiary/aromatic N) is 2. The average Bonchev–Trinajstić information content (AvgIpc) is 3.51. The highest BCUT2D eigenvalue weighted by molar-refractivity contribution is 5.76. The topological polar surface area (TPSA) is 170 Å². The zero-order chi connectivity index (χ0) is 30.9. The van der Waals surface area contributed by atoms with Crippen molar-refractivity contribution in [3.05, 3.63) is 70.6 Å². The molecule has 4 aromatic heterocycles. The van der Waals surface area contributed by atoms with Gasteiger partial charge in [0.1, 0.15) is 22.7 Å². The van der Waals surface area contributed by atoms with Crippen LogP contribution in [0.15, 0.2) is 40.1 Å². The molecule has 0 aliphatic heterocycles. The normalized spacial score (nSPS) is 13.8. The molecule has 1 saturated carbocycles. The van der Waals surface area contributed by atoms with Gasteiger partial charge in [0.25, 0.3) is 11.1 Å². The van der Waals surface area contributed by atoms with Crippen LogP contribution in [0.5, 0.6) is 6.01 Å². The minimum atomic E-state index is -0.554. The fourth-order valence-corrected chi connectivity index (χ4v) is 5.04. The number of fused-ring (bicyclic) bond motifs is 2. The predicted molar refractivity (Wildman–Crippen MR) is 161 cm³/mol. The minimum Gasteiger partial charge on any atom is -0.451 e. The first-order valence-electron chi connectivity index (χ1n) is 14.5. The first-order valence-corrected chi connectivity index (χ1v) is 14.5. The molecule has 2 N–H and O–H groups in total. The van der Waals surface area contributed by atoms with E-state index in [-0.39, 0.29) is 41.1 Å². The third-order valence-corrected chi connectivity index (χ3v) is 7.37. The molecule has 228 valence electrons. The molecule has 12 nitrogen and oxygen atoms in total. The Morgan fingerprint density at radius 2 is 1.56 bits per heavy atom. The molecule has 1 atom stereocenters. The van der Waals surface area contributed by atoms with Gasteiger partial charge in [0.2, 0.25) is 11.4 Å². The SMILES string of the molecule is CCc1cc(=O)oc2nc(OCC#CC(C)OC)[nH]c(=O)c12.CCc1nc2oc(=O)cc(CCC3CCCC3)c2c(=O)[nH]1. The monoisotopic (exact) mass is 592 g/mol. The van der Waals surface area contributed by atoms with E-state index in [1.54, 1.807) is 14.0 Å². The third kappa shape index (κ3) is 8.08. The number of hydrogen-bond donors (Lipinski definition) is 2. The van der Waals surface area contributed by atoms with E-state index in [2.05, 4.69) is 31.8 Å². The predicted octanol–water partition coefficient (Wildman–Crippen LogP) is 3.42. The lowest BCUT2D eigenvalue weighted by atomic mass is 9.97. The van der Waals surface area contributed by atoms with Crippen LogP contribution in [0.1, 0.15) is 69.8 Å². The molecule has 1 aliphatic carbocycles. The standard InChI is InChI=1S/C16H20N2O3.C15H16N2O5/c1-2-12-17-15(20)14-11(8-7-10-5-3-4-6-10)9-13(19)21-16(14)18-12;1-4-10-8-11(18)22-14-12(10)13(19)16-15(17-14)21-7-5-6-9(2)20-3/h9-10H,2-8H2,1H3,(H,17,18,20);8-9H,4,7H2,1-3H3,(H,16,17,19). The molecule has 4 heterocycles. The van der Waals surface area contributed by atoms with Crippen LogP contribution < -0.4 is 27.1 Å². The van der Waals surface area contributed by atoms with E-state index in [0.717, 1.165) is 18.4 Å². The maximum atomic E-state index is 12.2. The summed E-state index contributed by atoms with van der Waals surface area (Å²) in [5.74, 6) is 6.79. The highest BCUT2D eigenvalue weighted by atomic mass is 16.5. The van der Waals surface area contributed by atoms with E-state index in [1.165, 1.54) is 37.8 Å². The van der Waals surface area contributed by atoms with Gasteiger partial charge in [0, 0.05) is 25.7 Å². The molecule has 1 aliphatic rings. The van der Waals surface area contributed by atoms with E-state index >= 15 is 0 Å². The molecule has 1 unspecified atom stereocenters. The number of nitrogens with one attached hydrogen (secondary N) is 2. The van der Waals surface area contributed by atoms with Gasteiger partial charge in [-0.2, -0.15) is 9.97 Å². The first-order chi connectivity index (χ1) is 20.7. The van der Waals surface area contributed by atoms with Crippen LogP contribution in [0.25, 0.3) is 22.2 Å². The number of rotatable bonds is 8. The van der Waals surface area contributed by atoms with E-state index < -0.39 is 16.8 Å². The van der Waals surface area contributed by atoms with Gasteiger partial charge >= 0.3 is 17.3 Å². The summed E-state index contributed by atoms with van der Waals surface area (Å²) in [6.45, 7) is 5.56. The van der Waals surface area contributed by atoms with Gasteiger partial charge in [0.05, 0.1) is 0 Å². The number of aromatic amines is 2. The molecular formula is C31H36N4O8. The Kier molecular flexibility index (Phi) is 10.7. The molecule has 0 spiro atoms. The van der Waals surface area contributed by atoms with E-state index in [9.17, 15) is 19.2 Å². The van der Waals surface area contributed by atoms with E-state index in [0.29, 0.717) is 35.5 Å². The van der Waals surface area contributed by atoms with Crippen LogP contribution in [0, 0.1) is 17.8 Å². The minimum absolute atomic E-state index is 0.0276. The lowest BCUT2D eigenvalue weighted by Gasteiger charge is -2.09. The maximum Gasteiger partial charge on any atom is 0.337 e. The van der Waals surface area contributed by atoms with Gasteiger partial charge < -0.3 is 23.3 Å². The van der Waals surface area contributed by atoms with Crippen LogP contribution in [0.4, 0.5) is 0 Å². The third-order valence-electron chi connectivity index (χ3n) is 7.37. The summed E-state index contributed by atoms with van der Waals surface area (Å²) in [7, 11) is 1.55. The molecule has 5 rings (SSSR count). The van der Waals surface area contributed by atoms with Crippen molar-refractivity contribution in [2.24, 2.45) is 5.92 Å². The Labute approximate surface area is 246 Å². The fraction of sp³-hybridized carbons (Fsp3) is 0.484. The van der Waals surface area contributed by atoms with Gasteiger partial charge in [-0.15, -0.1) is 0 Å². The largest absolute Gasteiger partial charge is 0.451 e. The quantitative estimate of drug-likeness (QED) is 0.289. The van der Waals surface area contributed by atoms with Crippen molar-refractivity contribution in [3.63, 3.8) is 0 Å². The van der Waals surface area contributed by atoms with Crippen molar-refractivity contribution < 1.29 is 18.3 Å². The molecule has 0 radical (unpaired) electrons. The van der Waals surface area contributed by atoms with Crippen LogP contribution in [0.3, 0.4) is 0 Å². The molecule has 1 fully saturated rings. The fourth-order valence-electron chi connectivity index (χ4n) is 5.04. The molecule has 0 amide bonds. The maximum absolute atomic E-state index is 12.2. The number of aryl methyl sites for hydroxylation is 3. The Bertz CT molecular complexity index is 1870. The number of aromatic nitrogens is 4. The number of methoxy groups -OCH3 is 1. The highest BCUT2D eigenvalue weighted by Gasteiger charge is 2.18. The van der Waals surface area contributed by atoms with Gasteiger partial charge in [-0.3, -0.25) is 14.6 Å². The summed E-state index contributed by atoms with van der Waals surface area (Å²) in [5, 5.41) is 0.693. The summed E-state index contributed by atoms with van der Waals surface area (Å²) < 4.78 is 20.3. The van der Waals surface area contributed by atoms with Crippen LogP contribution >= 0.6 is 0 Å². The molecule has 0 bridgehead atoms. The Morgan fingerprint density at radius 1 is 0.930 bits per heavy atom. The van der Waals surface area contributed by atoms with Crippen molar-refractivity contribution in [1.29, 1.82) is 0 Å². The molecule has 43 heavy (non-hydrogen) atoms. The molecular weight excluding hydrogens is 556 g/mol. The van der Waals surface area contributed by atoms with E-state index in [1.807, 2.05) is 13.8 Å². The van der Waals surface area contributed by atoms with Crippen molar-refractivity contribution >= 4 is 22.2 Å². The molecule has 12 heteroatoms. The van der Waals surface area contributed by atoms with Gasteiger partial charge in [-0.25, -0.2) is 9.59 Å². The van der Waals surface area contributed by atoms with E-state index in [4.69, 9.17) is 18.3 Å². The second-order valence-electron chi connectivity index (χ2n) is 10.3. The summed E-state index contributed by atoms with van der Waals surface area (Å²) in [5.41, 5.74) is -0.123. The van der Waals surface area contributed by atoms with Crippen LogP contribution in [0.2, 0.25) is 0 Å². The average molecular weight is 593 g/mol. The zero-order valence-corrected chi connectivity index (χ0v) is 24.8. The smallest absolute Gasteiger partial charge is 0.337 e. The summed E-state index contributed by atoms with van der Waals surface area (Å²) in [6.07, 6.45) is 7.78. The Morgan fingerprint density at radius 3 is 2.21 bits per heavy atom. The van der Waals surface area contributed by atoms with Gasteiger partial charge in [0.15, 0.2) is 6.61 Å². The van der Waals surface area contributed by atoms with Crippen molar-refractivity contribution in [2.45, 2.75) is 78.2 Å². The summed E-state index contributed by atoms with van der Waals surface area (Å²) in [6, 6.07) is 2.69. The summed E-state index contributed by atoms with van der Waals surface area (Å²) in [4.78, 5) is 61.0. The molecule has 4 aromatic rings. The van der Waals surface area contributed by atoms with Crippen LogP contribution in [-0.2, 0) is 24.0 Å². The number of H-pyrrole nitrogens is 2. The lowest BCUT2D eigenvalue weighted by molar-refractivity contribution is 0.163. The second-order valence-corrected chi connectivity index (χ2v) is 10.3. The number of hydrogen-bond acceptors (Lipinski definition) is 10. The Balaban J connectivity index is 0.000000197. The van der Waals surface area contributed by atoms with Crippen molar-refractivity contribution in [3.8, 4) is 17.9 Å². The Hall–Kier alpha value is -4.50. The highest BCUT2D eigenvalue weighted by Crippen LogP contribution is 2.29. The second kappa shape index (κ2) is 14.6. The summed E-state index contributed by atoms with van der Waals surface area (Å²) >= 11 is 0. The van der Waals surface area contributed by atoms with Gasteiger partial charge in [-0.05, 0) is 43.2 Å². The first kappa shape index (κ1) is 31.4. The van der Waals surface area contributed by atoms with Crippen LogP contribution in [-0.4, -0.2) is 39.8 Å². The molecule has 0 saturated heterocycles. The van der Waals surface area contributed by atoms with Crippen molar-refractivity contribution in [2.75, 3.05) is 13.7 Å². The zero-order valence-electron chi connectivity index (χ0n) is 24.8. The number of ether oxygens (including phenoxy) is 2. The molecule has 0 aromatic carbocycles. The van der Waals surface area contributed by atoms with Gasteiger partial charge in [-0.1, -0.05) is 51.4 Å².